The average molecular weight is 206 g/mol. The minimum Gasteiger partial charge on any atom is -0.298 e. The maximum Gasteiger partial charge on any atom is 0.446 e. The zero-order valence-corrected chi connectivity index (χ0v) is 7.15. The standard InChI is InChI=1S/C8H5F3OS/c9-8(10,11)13-7-4-2-1-3-6(7)5-12/h1-5H. The lowest BCUT2D eigenvalue weighted by molar-refractivity contribution is -0.0328. The average Bonchev–Trinajstić information content (AvgIpc) is 2.02. The summed E-state index contributed by atoms with van der Waals surface area (Å²) in [6, 6.07) is 5.59. The summed E-state index contributed by atoms with van der Waals surface area (Å²) in [5.74, 6) is 0. The van der Waals surface area contributed by atoms with Crippen LogP contribution in [0.5, 0.6) is 0 Å². The van der Waals surface area contributed by atoms with Gasteiger partial charge in [-0.15, -0.1) is 0 Å². The van der Waals surface area contributed by atoms with Gasteiger partial charge < -0.3 is 0 Å². The van der Waals surface area contributed by atoms with Gasteiger partial charge in [-0.05, 0) is 17.8 Å². The van der Waals surface area contributed by atoms with E-state index in [4.69, 9.17) is 0 Å². The fourth-order valence-corrected chi connectivity index (χ4v) is 1.43. The van der Waals surface area contributed by atoms with Crippen molar-refractivity contribution in [2.75, 3.05) is 0 Å². The van der Waals surface area contributed by atoms with Crippen molar-refractivity contribution in [1.82, 2.24) is 0 Å². The van der Waals surface area contributed by atoms with Crippen LogP contribution in [0.1, 0.15) is 10.4 Å². The highest BCUT2D eigenvalue weighted by Gasteiger charge is 2.30. The second kappa shape index (κ2) is 3.83. The van der Waals surface area contributed by atoms with Crippen molar-refractivity contribution in [3.63, 3.8) is 0 Å². The third-order valence-corrected chi connectivity index (χ3v) is 2.09. The number of alkyl halides is 3. The monoisotopic (exact) mass is 206 g/mol. The van der Waals surface area contributed by atoms with Gasteiger partial charge in [0.2, 0.25) is 0 Å². The first kappa shape index (κ1) is 10.1. The van der Waals surface area contributed by atoms with E-state index in [2.05, 4.69) is 0 Å². The molecule has 0 unspecified atom stereocenters. The molecule has 0 aliphatic carbocycles. The highest BCUT2D eigenvalue weighted by atomic mass is 32.2. The smallest absolute Gasteiger partial charge is 0.298 e. The van der Waals surface area contributed by atoms with E-state index < -0.39 is 5.51 Å². The largest absolute Gasteiger partial charge is 0.446 e. The van der Waals surface area contributed by atoms with Crippen molar-refractivity contribution in [3.8, 4) is 0 Å². The van der Waals surface area contributed by atoms with E-state index in [9.17, 15) is 18.0 Å². The minimum absolute atomic E-state index is 0.0600. The van der Waals surface area contributed by atoms with E-state index in [-0.39, 0.29) is 22.2 Å². The molecular formula is C8H5F3OS. The molecule has 1 aromatic carbocycles. The predicted molar refractivity (Wildman–Crippen MR) is 43.7 cm³/mol. The number of halogens is 3. The van der Waals surface area contributed by atoms with Gasteiger partial charge in [0.1, 0.15) is 0 Å². The fourth-order valence-electron chi connectivity index (χ4n) is 0.796. The number of thioether (sulfide) groups is 1. The molecule has 0 aliphatic heterocycles. The molecule has 1 rings (SSSR count). The van der Waals surface area contributed by atoms with Crippen molar-refractivity contribution in [2.24, 2.45) is 0 Å². The van der Waals surface area contributed by atoms with Crippen LogP contribution in [0.2, 0.25) is 0 Å². The van der Waals surface area contributed by atoms with Gasteiger partial charge in [0.25, 0.3) is 0 Å². The molecule has 5 heteroatoms. The summed E-state index contributed by atoms with van der Waals surface area (Å²) in [6.07, 6.45) is 0.411. The topological polar surface area (TPSA) is 17.1 Å². The highest BCUT2D eigenvalue weighted by Crippen LogP contribution is 2.37. The van der Waals surface area contributed by atoms with Crippen LogP contribution in [0.15, 0.2) is 29.2 Å². The Kier molecular flexibility index (Phi) is 2.98. The van der Waals surface area contributed by atoms with Crippen molar-refractivity contribution in [2.45, 2.75) is 10.4 Å². The first-order chi connectivity index (χ1) is 6.03. The van der Waals surface area contributed by atoms with Crippen molar-refractivity contribution < 1.29 is 18.0 Å². The van der Waals surface area contributed by atoms with Crippen molar-refractivity contribution >= 4 is 18.0 Å². The van der Waals surface area contributed by atoms with E-state index in [0.29, 0.717) is 6.29 Å². The zero-order chi connectivity index (χ0) is 9.90. The molecule has 0 N–H and O–H groups in total. The molecule has 0 saturated heterocycles. The SMILES string of the molecule is O=Cc1ccccc1SC(F)(F)F. The summed E-state index contributed by atoms with van der Waals surface area (Å²) < 4.78 is 35.7. The second-order valence-electron chi connectivity index (χ2n) is 2.20. The molecule has 70 valence electrons. The molecule has 0 amide bonds. The molecule has 0 heterocycles. The molecule has 1 nitrogen and oxygen atoms in total. The van der Waals surface area contributed by atoms with Crippen LogP contribution >= 0.6 is 11.8 Å². The van der Waals surface area contributed by atoms with Gasteiger partial charge in [0.05, 0.1) is 0 Å². The van der Waals surface area contributed by atoms with Crippen molar-refractivity contribution in [3.05, 3.63) is 29.8 Å². The number of benzene rings is 1. The van der Waals surface area contributed by atoms with Gasteiger partial charge in [0.15, 0.2) is 6.29 Å². The van der Waals surface area contributed by atoms with Gasteiger partial charge in [-0.2, -0.15) is 13.2 Å². The third kappa shape index (κ3) is 3.10. The lowest BCUT2D eigenvalue weighted by atomic mass is 10.2. The van der Waals surface area contributed by atoms with E-state index in [1.165, 1.54) is 24.3 Å². The Labute approximate surface area is 76.9 Å². The van der Waals surface area contributed by atoms with E-state index in [0.717, 1.165) is 0 Å². The Hall–Kier alpha value is -0.970. The molecule has 0 aliphatic rings. The Morgan fingerprint density at radius 1 is 1.23 bits per heavy atom. The van der Waals surface area contributed by atoms with Crippen molar-refractivity contribution in [1.29, 1.82) is 0 Å². The Bertz CT molecular complexity index is 309. The van der Waals surface area contributed by atoms with Crippen LogP contribution in [0.3, 0.4) is 0 Å². The Morgan fingerprint density at radius 2 is 1.85 bits per heavy atom. The third-order valence-electron chi connectivity index (χ3n) is 1.27. The number of aldehydes is 1. The van der Waals surface area contributed by atoms with Crippen LogP contribution in [-0.2, 0) is 0 Å². The van der Waals surface area contributed by atoms with Gasteiger partial charge in [-0.3, -0.25) is 4.79 Å². The van der Waals surface area contributed by atoms with Gasteiger partial charge in [-0.25, -0.2) is 0 Å². The van der Waals surface area contributed by atoms with Gasteiger partial charge in [-0.1, -0.05) is 18.2 Å². The molecule has 0 aromatic heterocycles. The second-order valence-corrected chi connectivity index (χ2v) is 3.31. The maximum atomic E-state index is 11.9. The number of rotatable bonds is 2. The van der Waals surface area contributed by atoms with Crippen LogP contribution in [0, 0.1) is 0 Å². The summed E-state index contributed by atoms with van der Waals surface area (Å²) in [4.78, 5) is 10.3. The van der Waals surface area contributed by atoms with Crippen LogP contribution in [0.4, 0.5) is 13.2 Å². The summed E-state index contributed by atoms with van der Waals surface area (Å²) in [5.41, 5.74) is -4.29. The predicted octanol–water partition coefficient (Wildman–Crippen LogP) is 3.11. The molecule has 1 aromatic rings. The summed E-state index contributed by atoms with van der Waals surface area (Å²) in [6.45, 7) is 0. The Balaban J connectivity index is 2.94. The number of carbonyl (C=O) groups is 1. The van der Waals surface area contributed by atoms with E-state index in [1.54, 1.807) is 0 Å². The lowest BCUT2D eigenvalue weighted by Gasteiger charge is -2.06. The van der Waals surface area contributed by atoms with Crippen LogP contribution in [0.25, 0.3) is 0 Å². The lowest BCUT2D eigenvalue weighted by Crippen LogP contribution is -2.00. The first-order valence-electron chi connectivity index (χ1n) is 3.33. The molecule has 0 bridgehead atoms. The Morgan fingerprint density at radius 3 is 2.38 bits per heavy atom. The number of carbonyl (C=O) groups excluding carboxylic acids is 1. The quantitative estimate of drug-likeness (QED) is 0.546. The van der Waals surface area contributed by atoms with Gasteiger partial charge >= 0.3 is 5.51 Å². The molecule has 0 fully saturated rings. The van der Waals surface area contributed by atoms with E-state index in [1.807, 2.05) is 0 Å². The number of hydrogen-bond donors (Lipinski definition) is 0. The van der Waals surface area contributed by atoms with Crippen LogP contribution in [-0.4, -0.2) is 11.8 Å². The molecule has 0 atom stereocenters. The summed E-state index contributed by atoms with van der Waals surface area (Å²) in [5, 5.41) is 0. The molecule has 13 heavy (non-hydrogen) atoms. The number of hydrogen-bond acceptors (Lipinski definition) is 2. The van der Waals surface area contributed by atoms with Gasteiger partial charge in [0, 0.05) is 10.5 Å². The maximum absolute atomic E-state index is 11.9. The minimum atomic E-state index is -4.35. The fraction of sp³-hybridized carbons (Fsp3) is 0.125. The summed E-state index contributed by atoms with van der Waals surface area (Å²) >= 11 is -0.279. The molecular weight excluding hydrogens is 201 g/mol. The van der Waals surface area contributed by atoms with E-state index >= 15 is 0 Å². The van der Waals surface area contributed by atoms with Crippen LogP contribution < -0.4 is 0 Å². The molecule has 0 saturated carbocycles. The normalized spacial score (nSPS) is 11.3. The first-order valence-corrected chi connectivity index (χ1v) is 4.14. The summed E-state index contributed by atoms with van der Waals surface area (Å²) in [7, 11) is 0. The highest BCUT2D eigenvalue weighted by molar-refractivity contribution is 8.00. The zero-order valence-electron chi connectivity index (χ0n) is 6.34. The molecule has 0 spiro atoms. The molecule has 0 radical (unpaired) electrons.